The van der Waals surface area contributed by atoms with Crippen molar-refractivity contribution in [3.63, 3.8) is 0 Å². The summed E-state index contributed by atoms with van der Waals surface area (Å²) >= 11 is 0. The van der Waals surface area contributed by atoms with Crippen LogP contribution < -0.4 is 5.32 Å². The van der Waals surface area contributed by atoms with Crippen LogP contribution in [0, 0.1) is 23.6 Å². The molecular formula is C15H18FNO. The lowest BCUT2D eigenvalue weighted by Crippen LogP contribution is -2.20. The third-order valence-electron chi connectivity index (χ3n) is 4.46. The highest BCUT2D eigenvalue weighted by molar-refractivity contribution is 5.90. The Balaban J connectivity index is 1.54. The molecule has 2 aliphatic carbocycles. The van der Waals surface area contributed by atoms with Gasteiger partial charge in [0, 0.05) is 12.1 Å². The molecule has 3 atom stereocenters. The van der Waals surface area contributed by atoms with E-state index >= 15 is 0 Å². The first-order valence-corrected chi connectivity index (χ1v) is 6.76. The maximum atomic E-state index is 12.7. The van der Waals surface area contributed by atoms with Gasteiger partial charge in [-0.2, -0.15) is 0 Å². The zero-order valence-electron chi connectivity index (χ0n) is 10.4. The smallest absolute Gasteiger partial charge is 0.224 e. The van der Waals surface area contributed by atoms with Crippen molar-refractivity contribution in [3.05, 3.63) is 30.1 Å². The van der Waals surface area contributed by atoms with E-state index in [1.54, 1.807) is 12.1 Å². The summed E-state index contributed by atoms with van der Waals surface area (Å²) in [5, 5.41) is 2.85. The number of benzene rings is 1. The molecule has 2 fully saturated rings. The molecule has 3 heteroatoms. The van der Waals surface area contributed by atoms with E-state index < -0.39 is 0 Å². The van der Waals surface area contributed by atoms with Crippen LogP contribution in [-0.4, -0.2) is 5.91 Å². The first-order valence-electron chi connectivity index (χ1n) is 6.76. The van der Waals surface area contributed by atoms with E-state index in [0.29, 0.717) is 18.0 Å². The zero-order valence-corrected chi connectivity index (χ0v) is 10.4. The molecule has 0 aromatic heterocycles. The summed E-state index contributed by atoms with van der Waals surface area (Å²) in [6, 6.07) is 5.95. The van der Waals surface area contributed by atoms with Crippen molar-refractivity contribution >= 4 is 11.6 Å². The first-order chi connectivity index (χ1) is 8.70. The highest BCUT2D eigenvalue weighted by Crippen LogP contribution is 2.49. The highest BCUT2D eigenvalue weighted by atomic mass is 19.1. The number of halogens is 1. The Morgan fingerprint density at radius 3 is 2.61 bits per heavy atom. The average Bonchev–Trinajstić information content (AvgIpc) is 2.94. The maximum absolute atomic E-state index is 12.7. The molecule has 0 radical (unpaired) electrons. The quantitative estimate of drug-likeness (QED) is 0.869. The van der Waals surface area contributed by atoms with Crippen molar-refractivity contribution in [1.29, 1.82) is 0 Å². The molecule has 1 aromatic carbocycles. The summed E-state index contributed by atoms with van der Waals surface area (Å²) < 4.78 is 12.7. The molecule has 3 rings (SSSR count). The lowest BCUT2D eigenvalue weighted by atomic mass is 9.86. The lowest BCUT2D eigenvalue weighted by molar-refractivity contribution is -0.117. The molecule has 0 saturated heterocycles. The maximum Gasteiger partial charge on any atom is 0.224 e. The van der Waals surface area contributed by atoms with Gasteiger partial charge in [0.2, 0.25) is 5.91 Å². The second kappa shape index (κ2) is 4.71. The van der Waals surface area contributed by atoms with E-state index in [-0.39, 0.29) is 11.7 Å². The molecule has 96 valence electrons. The van der Waals surface area contributed by atoms with Gasteiger partial charge in [-0.25, -0.2) is 4.39 Å². The minimum Gasteiger partial charge on any atom is -0.326 e. The standard InChI is InChI=1S/C15H18FNO/c16-13-3-5-14(6-4-13)17-15(18)9-12-8-10-1-2-11(12)7-10/h3-6,10-12H,1-2,7-9H2,(H,17,18)/t10-,11-,12+/m1/s1. The van der Waals surface area contributed by atoms with Crippen molar-refractivity contribution in [2.75, 3.05) is 5.32 Å². The minimum atomic E-state index is -0.277. The van der Waals surface area contributed by atoms with E-state index in [4.69, 9.17) is 0 Å². The molecule has 18 heavy (non-hydrogen) atoms. The molecule has 0 aliphatic heterocycles. The normalized spacial score (nSPS) is 29.5. The average molecular weight is 247 g/mol. The molecule has 0 spiro atoms. The van der Waals surface area contributed by atoms with Crippen LogP contribution in [0.3, 0.4) is 0 Å². The molecule has 2 nitrogen and oxygen atoms in total. The van der Waals surface area contributed by atoms with E-state index in [2.05, 4.69) is 5.32 Å². The fourth-order valence-electron chi connectivity index (χ4n) is 3.61. The zero-order chi connectivity index (χ0) is 12.5. The number of anilines is 1. The Kier molecular flexibility index (Phi) is 3.06. The van der Waals surface area contributed by atoms with Crippen LogP contribution in [0.4, 0.5) is 10.1 Å². The molecule has 1 N–H and O–H groups in total. The molecule has 2 bridgehead atoms. The van der Waals surface area contributed by atoms with E-state index in [1.165, 1.54) is 37.8 Å². The van der Waals surface area contributed by atoms with Crippen LogP contribution in [0.1, 0.15) is 32.1 Å². The van der Waals surface area contributed by atoms with Gasteiger partial charge in [0.15, 0.2) is 0 Å². The van der Waals surface area contributed by atoms with Gasteiger partial charge in [-0.05, 0) is 61.3 Å². The monoisotopic (exact) mass is 247 g/mol. The van der Waals surface area contributed by atoms with Crippen molar-refractivity contribution in [1.82, 2.24) is 0 Å². The topological polar surface area (TPSA) is 29.1 Å². The number of fused-ring (bicyclic) bond motifs is 2. The number of amides is 1. The number of carbonyl (C=O) groups excluding carboxylic acids is 1. The van der Waals surface area contributed by atoms with Crippen molar-refractivity contribution in [3.8, 4) is 0 Å². The minimum absolute atomic E-state index is 0.0687. The predicted molar refractivity (Wildman–Crippen MR) is 68.6 cm³/mol. The highest BCUT2D eigenvalue weighted by Gasteiger charge is 2.40. The van der Waals surface area contributed by atoms with Crippen LogP contribution in [-0.2, 0) is 4.79 Å². The Labute approximate surface area is 107 Å². The molecule has 1 amide bonds. The summed E-state index contributed by atoms with van der Waals surface area (Å²) in [5.41, 5.74) is 0.685. The molecule has 0 heterocycles. The van der Waals surface area contributed by atoms with Gasteiger partial charge in [-0.3, -0.25) is 4.79 Å². The predicted octanol–water partition coefficient (Wildman–Crippen LogP) is 3.59. The molecule has 1 aromatic rings. The Hall–Kier alpha value is -1.38. The fraction of sp³-hybridized carbons (Fsp3) is 0.533. The Morgan fingerprint density at radius 1 is 1.22 bits per heavy atom. The van der Waals surface area contributed by atoms with Gasteiger partial charge in [0.25, 0.3) is 0 Å². The van der Waals surface area contributed by atoms with Crippen molar-refractivity contribution in [2.24, 2.45) is 17.8 Å². The number of nitrogens with one attached hydrogen (secondary N) is 1. The third kappa shape index (κ3) is 2.40. The third-order valence-corrected chi connectivity index (χ3v) is 4.46. The number of carbonyl (C=O) groups is 1. The van der Waals surface area contributed by atoms with Crippen LogP contribution in [0.2, 0.25) is 0 Å². The summed E-state index contributed by atoms with van der Waals surface area (Å²) in [6.07, 6.45) is 5.84. The molecule has 2 aliphatic rings. The van der Waals surface area contributed by atoms with Crippen molar-refractivity contribution < 1.29 is 9.18 Å². The van der Waals surface area contributed by atoms with Crippen LogP contribution in [0.15, 0.2) is 24.3 Å². The fourth-order valence-corrected chi connectivity index (χ4v) is 3.61. The van der Waals surface area contributed by atoms with Crippen LogP contribution in [0.5, 0.6) is 0 Å². The summed E-state index contributed by atoms with van der Waals surface area (Å²) in [5.74, 6) is 2.01. The second-order valence-corrected chi connectivity index (χ2v) is 5.69. The Bertz CT molecular complexity index is 442. The van der Waals surface area contributed by atoms with Crippen LogP contribution >= 0.6 is 0 Å². The van der Waals surface area contributed by atoms with Gasteiger partial charge < -0.3 is 5.32 Å². The Morgan fingerprint density at radius 2 is 2.00 bits per heavy atom. The molecular weight excluding hydrogens is 229 g/mol. The van der Waals surface area contributed by atoms with Crippen LogP contribution in [0.25, 0.3) is 0 Å². The van der Waals surface area contributed by atoms with Gasteiger partial charge in [-0.1, -0.05) is 6.42 Å². The molecule has 0 unspecified atom stereocenters. The van der Waals surface area contributed by atoms with Gasteiger partial charge in [-0.15, -0.1) is 0 Å². The van der Waals surface area contributed by atoms with E-state index in [9.17, 15) is 9.18 Å². The summed E-state index contributed by atoms with van der Waals surface area (Å²) in [4.78, 5) is 11.9. The van der Waals surface area contributed by atoms with E-state index in [1.807, 2.05) is 0 Å². The SMILES string of the molecule is O=C(C[C@@H]1C[C@@H]2CC[C@@H]1C2)Nc1ccc(F)cc1. The van der Waals surface area contributed by atoms with E-state index in [0.717, 1.165) is 11.8 Å². The second-order valence-electron chi connectivity index (χ2n) is 5.69. The number of rotatable bonds is 3. The number of hydrogen-bond donors (Lipinski definition) is 1. The van der Waals surface area contributed by atoms with Gasteiger partial charge in [0.1, 0.15) is 5.82 Å². The first kappa shape index (κ1) is 11.7. The van der Waals surface area contributed by atoms with Gasteiger partial charge in [0.05, 0.1) is 0 Å². The largest absolute Gasteiger partial charge is 0.326 e. The number of hydrogen-bond acceptors (Lipinski definition) is 1. The lowest BCUT2D eigenvalue weighted by Gasteiger charge is -2.20. The molecule has 2 saturated carbocycles. The summed E-state index contributed by atoms with van der Waals surface area (Å²) in [7, 11) is 0. The van der Waals surface area contributed by atoms with Gasteiger partial charge >= 0.3 is 0 Å². The van der Waals surface area contributed by atoms with Crippen molar-refractivity contribution in [2.45, 2.75) is 32.1 Å². The summed E-state index contributed by atoms with van der Waals surface area (Å²) in [6.45, 7) is 0.